The maximum Gasteiger partial charge on any atom is 0.0640 e. The standard InChI is InChI=1S/C15H16ClN/c1-11-8-9-15(14(16)10-11)17-12(2)13-6-4-3-5-7-13/h3-10,12,17H,1-2H3. The van der Waals surface area contributed by atoms with Gasteiger partial charge in [-0.2, -0.15) is 0 Å². The highest BCUT2D eigenvalue weighted by molar-refractivity contribution is 6.33. The summed E-state index contributed by atoms with van der Waals surface area (Å²) >= 11 is 6.20. The molecule has 1 unspecified atom stereocenters. The Morgan fingerprint density at radius 1 is 1.06 bits per heavy atom. The van der Waals surface area contributed by atoms with Crippen molar-refractivity contribution in [1.29, 1.82) is 0 Å². The molecule has 0 saturated carbocycles. The summed E-state index contributed by atoms with van der Waals surface area (Å²) in [4.78, 5) is 0. The monoisotopic (exact) mass is 245 g/mol. The van der Waals surface area contributed by atoms with Gasteiger partial charge < -0.3 is 5.32 Å². The van der Waals surface area contributed by atoms with Crippen LogP contribution in [0.1, 0.15) is 24.1 Å². The summed E-state index contributed by atoms with van der Waals surface area (Å²) in [5.41, 5.74) is 3.41. The lowest BCUT2D eigenvalue weighted by Crippen LogP contribution is -2.06. The van der Waals surface area contributed by atoms with Gasteiger partial charge in [-0.15, -0.1) is 0 Å². The number of aryl methyl sites for hydroxylation is 1. The second kappa shape index (κ2) is 5.24. The maximum atomic E-state index is 6.20. The predicted molar refractivity (Wildman–Crippen MR) is 74.7 cm³/mol. The molecule has 2 heteroatoms. The Kier molecular flexibility index (Phi) is 3.70. The lowest BCUT2D eigenvalue weighted by Gasteiger charge is -2.17. The molecule has 17 heavy (non-hydrogen) atoms. The number of anilines is 1. The fourth-order valence-corrected chi connectivity index (χ4v) is 2.09. The van der Waals surface area contributed by atoms with Crippen LogP contribution in [0.5, 0.6) is 0 Å². The Labute approximate surface area is 107 Å². The van der Waals surface area contributed by atoms with Crippen LogP contribution in [-0.4, -0.2) is 0 Å². The van der Waals surface area contributed by atoms with Crippen molar-refractivity contribution < 1.29 is 0 Å². The molecular weight excluding hydrogens is 230 g/mol. The second-order valence-corrected chi connectivity index (χ2v) is 4.67. The Bertz CT molecular complexity index is 494. The predicted octanol–water partition coefficient (Wildman–Crippen LogP) is 4.82. The summed E-state index contributed by atoms with van der Waals surface area (Å²) in [6.45, 7) is 4.17. The van der Waals surface area contributed by atoms with E-state index in [1.165, 1.54) is 11.1 Å². The highest BCUT2D eigenvalue weighted by Gasteiger charge is 2.06. The SMILES string of the molecule is Cc1ccc(NC(C)c2ccccc2)c(Cl)c1. The molecule has 0 aliphatic rings. The first-order chi connectivity index (χ1) is 8.16. The van der Waals surface area contributed by atoms with Crippen molar-refractivity contribution in [2.75, 3.05) is 5.32 Å². The molecule has 0 saturated heterocycles. The van der Waals surface area contributed by atoms with Gasteiger partial charge in [0.25, 0.3) is 0 Å². The van der Waals surface area contributed by atoms with E-state index in [1.807, 2.05) is 37.3 Å². The zero-order valence-electron chi connectivity index (χ0n) is 10.1. The van der Waals surface area contributed by atoms with Crippen molar-refractivity contribution >= 4 is 17.3 Å². The minimum absolute atomic E-state index is 0.247. The first-order valence-electron chi connectivity index (χ1n) is 5.74. The van der Waals surface area contributed by atoms with E-state index in [0.717, 1.165) is 10.7 Å². The lowest BCUT2D eigenvalue weighted by molar-refractivity contribution is 0.885. The molecule has 0 bridgehead atoms. The second-order valence-electron chi connectivity index (χ2n) is 4.26. The van der Waals surface area contributed by atoms with E-state index in [4.69, 9.17) is 11.6 Å². The van der Waals surface area contributed by atoms with Crippen molar-refractivity contribution in [2.45, 2.75) is 19.9 Å². The van der Waals surface area contributed by atoms with Crippen LogP contribution in [0, 0.1) is 6.92 Å². The van der Waals surface area contributed by atoms with E-state index in [9.17, 15) is 0 Å². The molecule has 0 radical (unpaired) electrons. The zero-order valence-corrected chi connectivity index (χ0v) is 10.8. The molecule has 1 atom stereocenters. The molecule has 0 spiro atoms. The van der Waals surface area contributed by atoms with Gasteiger partial charge in [-0.25, -0.2) is 0 Å². The van der Waals surface area contributed by atoms with Crippen molar-refractivity contribution in [3.63, 3.8) is 0 Å². The fraction of sp³-hybridized carbons (Fsp3) is 0.200. The largest absolute Gasteiger partial charge is 0.377 e. The molecule has 88 valence electrons. The summed E-state index contributed by atoms with van der Waals surface area (Å²) in [5, 5.41) is 4.19. The first kappa shape index (κ1) is 12.0. The molecule has 1 nitrogen and oxygen atoms in total. The van der Waals surface area contributed by atoms with Crippen molar-refractivity contribution in [2.24, 2.45) is 0 Å². The van der Waals surface area contributed by atoms with E-state index in [-0.39, 0.29) is 6.04 Å². The van der Waals surface area contributed by atoms with E-state index in [0.29, 0.717) is 0 Å². The third kappa shape index (κ3) is 3.01. The topological polar surface area (TPSA) is 12.0 Å². The highest BCUT2D eigenvalue weighted by Crippen LogP contribution is 2.26. The molecule has 1 N–H and O–H groups in total. The van der Waals surface area contributed by atoms with Gasteiger partial charge in [-0.3, -0.25) is 0 Å². The van der Waals surface area contributed by atoms with Crippen LogP contribution in [-0.2, 0) is 0 Å². The van der Waals surface area contributed by atoms with E-state index in [2.05, 4.69) is 30.4 Å². The first-order valence-corrected chi connectivity index (χ1v) is 6.12. The van der Waals surface area contributed by atoms with Gasteiger partial charge in [0.05, 0.1) is 10.7 Å². The average molecular weight is 246 g/mol. The molecular formula is C15H16ClN. The molecule has 0 fully saturated rings. The summed E-state index contributed by atoms with van der Waals surface area (Å²) in [7, 11) is 0. The number of hydrogen-bond donors (Lipinski definition) is 1. The van der Waals surface area contributed by atoms with Crippen molar-refractivity contribution in [1.82, 2.24) is 0 Å². The molecule has 0 heterocycles. The number of nitrogens with one attached hydrogen (secondary N) is 1. The zero-order chi connectivity index (χ0) is 12.3. The van der Waals surface area contributed by atoms with Crippen LogP contribution in [0.3, 0.4) is 0 Å². The Morgan fingerprint density at radius 3 is 2.41 bits per heavy atom. The minimum Gasteiger partial charge on any atom is -0.377 e. The van der Waals surface area contributed by atoms with Crippen LogP contribution < -0.4 is 5.32 Å². The van der Waals surface area contributed by atoms with Crippen molar-refractivity contribution in [3.05, 3.63) is 64.7 Å². The normalized spacial score (nSPS) is 12.2. The van der Waals surface area contributed by atoms with Gasteiger partial charge in [0, 0.05) is 6.04 Å². The molecule has 0 aromatic heterocycles. The van der Waals surface area contributed by atoms with Gasteiger partial charge in [0.2, 0.25) is 0 Å². The third-order valence-corrected chi connectivity index (χ3v) is 3.11. The molecule has 2 aromatic carbocycles. The van der Waals surface area contributed by atoms with Gasteiger partial charge in [-0.05, 0) is 37.1 Å². The quantitative estimate of drug-likeness (QED) is 0.817. The van der Waals surface area contributed by atoms with Gasteiger partial charge in [-0.1, -0.05) is 48.0 Å². The lowest BCUT2D eigenvalue weighted by atomic mass is 10.1. The fourth-order valence-electron chi connectivity index (χ4n) is 1.80. The third-order valence-electron chi connectivity index (χ3n) is 2.80. The van der Waals surface area contributed by atoms with Crippen LogP contribution in [0.4, 0.5) is 5.69 Å². The number of benzene rings is 2. The van der Waals surface area contributed by atoms with Crippen molar-refractivity contribution in [3.8, 4) is 0 Å². The summed E-state index contributed by atoms with van der Waals surface area (Å²) in [6, 6.07) is 16.6. The van der Waals surface area contributed by atoms with E-state index < -0.39 is 0 Å². The Balaban J connectivity index is 2.16. The maximum absolute atomic E-state index is 6.20. The van der Waals surface area contributed by atoms with Crippen LogP contribution in [0.2, 0.25) is 5.02 Å². The van der Waals surface area contributed by atoms with Crippen LogP contribution >= 0.6 is 11.6 Å². The van der Waals surface area contributed by atoms with Gasteiger partial charge in [0.1, 0.15) is 0 Å². The summed E-state index contributed by atoms with van der Waals surface area (Å²) in [6.07, 6.45) is 0. The van der Waals surface area contributed by atoms with E-state index >= 15 is 0 Å². The van der Waals surface area contributed by atoms with Crippen LogP contribution in [0.25, 0.3) is 0 Å². The number of rotatable bonds is 3. The molecule has 2 aromatic rings. The smallest absolute Gasteiger partial charge is 0.0640 e. The molecule has 0 aliphatic carbocycles. The Morgan fingerprint density at radius 2 is 1.76 bits per heavy atom. The highest BCUT2D eigenvalue weighted by atomic mass is 35.5. The molecule has 2 rings (SSSR count). The average Bonchev–Trinajstić information content (AvgIpc) is 2.34. The van der Waals surface area contributed by atoms with E-state index in [1.54, 1.807) is 0 Å². The van der Waals surface area contributed by atoms with Gasteiger partial charge in [0.15, 0.2) is 0 Å². The minimum atomic E-state index is 0.247. The molecule has 0 aliphatic heterocycles. The summed E-state index contributed by atoms with van der Waals surface area (Å²) < 4.78 is 0. The summed E-state index contributed by atoms with van der Waals surface area (Å²) in [5.74, 6) is 0. The van der Waals surface area contributed by atoms with Crippen LogP contribution in [0.15, 0.2) is 48.5 Å². The molecule has 0 amide bonds. The number of hydrogen-bond acceptors (Lipinski definition) is 1. The Hall–Kier alpha value is -1.47. The number of halogens is 1. The van der Waals surface area contributed by atoms with Gasteiger partial charge >= 0.3 is 0 Å².